The molecule has 2 rings (SSSR count). The molecule has 148 valence electrons. The Morgan fingerprint density at radius 1 is 1.22 bits per heavy atom. The lowest BCUT2D eigenvalue weighted by molar-refractivity contribution is -0.127. The maximum atomic E-state index is 12.5. The fourth-order valence-corrected chi connectivity index (χ4v) is 2.93. The van der Waals surface area contributed by atoms with E-state index in [-0.39, 0.29) is 37.2 Å². The summed E-state index contributed by atoms with van der Waals surface area (Å²) in [5.74, 6) is 0.797. The van der Waals surface area contributed by atoms with Gasteiger partial charge in [-0.15, -0.1) is 0 Å². The first-order chi connectivity index (χ1) is 12.8. The van der Waals surface area contributed by atoms with Gasteiger partial charge in [0.15, 0.2) is 11.5 Å². The number of benzene rings is 1. The zero-order chi connectivity index (χ0) is 20.0. The summed E-state index contributed by atoms with van der Waals surface area (Å²) in [5.41, 5.74) is 0.924. The van der Waals surface area contributed by atoms with Crippen LogP contribution in [0, 0.1) is 0 Å². The first-order valence-electron chi connectivity index (χ1n) is 8.97. The molecule has 2 N–H and O–H groups in total. The Morgan fingerprint density at radius 3 is 2.56 bits per heavy atom. The van der Waals surface area contributed by atoms with Crippen molar-refractivity contribution >= 4 is 17.8 Å². The molecule has 1 heterocycles. The molecule has 0 bridgehead atoms. The van der Waals surface area contributed by atoms with Crippen LogP contribution in [0.5, 0.6) is 11.5 Å². The van der Waals surface area contributed by atoms with Gasteiger partial charge in [0.2, 0.25) is 5.91 Å². The third kappa shape index (κ3) is 5.35. The number of carbonyl (C=O) groups excluding carboxylic acids is 3. The lowest BCUT2D eigenvalue weighted by atomic mass is 10.1. The minimum atomic E-state index is -0.652. The summed E-state index contributed by atoms with van der Waals surface area (Å²) in [4.78, 5) is 37.5. The number of rotatable bonds is 9. The first kappa shape index (κ1) is 20.5. The molecule has 27 heavy (non-hydrogen) atoms. The molecule has 1 aliphatic rings. The van der Waals surface area contributed by atoms with Gasteiger partial charge in [-0.3, -0.25) is 14.5 Å². The largest absolute Gasteiger partial charge is 0.493 e. The smallest absolute Gasteiger partial charge is 0.324 e. The third-order valence-corrected chi connectivity index (χ3v) is 4.29. The average Bonchev–Trinajstić information content (AvgIpc) is 2.90. The predicted octanol–water partition coefficient (Wildman–Crippen LogP) is 1.47. The molecule has 1 aromatic rings. The second-order valence-corrected chi connectivity index (χ2v) is 6.69. The van der Waals surface area contributed by atoms with Gasteiger partial charge in [-0.25, -0.2) is 4.79 Å². The van der Waals surface area contributed by atoms with Crippen LogP contribution in [-0.2, 0) is 16.0 Å². The summed E-state index contributed by atoms with van der Waals surface area (Å²) < 4.78 is 10.5. The summed E-state index contributed by atoms with van der Waals surface area (Å²) in [7, 11) is 3.12. The molecule has 1 aromatic carbocycles. The normalized spacial score (nSPS) is 16.5. The van der Waals surface area contributed by atoms with Gasteiger partial charge in [0.25, 0.3) is 5.91 Å². The molecule has 0 radical (unpaired) electrons. The lowest BCUT2D eigenvalue weighted by Crippen LogP contribution is -2.35. The number of ether oxygens (including phenoxy) is 2. The van der Waals surface area contributed by atoms with Crippen LogP contribution in [0.4, 0.5) is 4.79 Å². The fraction of sp³-hybridized carbons (Fsp3) is 0.526. The standard InChI is InChI=1S/C19H27N3O5/c1-12(2)20-17(23)8-6-14-18(24)22(19(25)21-14)10-9-13-5-7-15(26-3)16(11-13)27-4/h5,7,11-12,14H,6,8-10H2,1-4H3,(H,20,23)(H,21,25). The summed E-state index contributed by atoms with van der Waals surface area (Å²) in [6.07, 6.45) is 0.981. The van der Waals surface area contributed by atoms with Crippen molar-refractivity contribution in [1.29, 1.82) is 0 Å². The maximum absolute atomic E-state index is 12.5. The van der Waals surface area contributed by atoms with Gasteiger partial charge in [0.05, 0.1) is 14.2 Å². The number of nitrogens with zero attached hydrogens (tertiary/aromatic N) is 1. The third-order valence-electron chi connectivity index (χ3n) is 4.29. The second kappa shape index (κ2) is 9.25. The van der Waals surface area contributed by atoms with Gasteiger partial charge in [-0.2, -0.15) is 0 Å². The Hall–Kier alpha value is -2.77. The lowest BCUT2D eigenvalue weighted by Gasteiger charge is -2.14. The van der Waals surface area contributed by atoms with Crippen LogP contribution in [0.15, 0.2) is 18.2 Å². The van der Waals surface area contributed by atoms with Gasteiger partial charge in [-0.1, -0.05) is 6.07 Å². The number of methoxy groups -OCH3 is 2. The van der Waals surface area contributed by atoms with Crippen molar-refractivity contribution in [3.05, 3.63) is 23.8 Å². The monoisotopic (exact) mass is 377 g/mol. The van der Waals surface area contributed by atoms with Crippen LogP contribution in [-0.4, -0.2) is 55.6 Å². The number of amides is 4. The topological polar surface area (TPSA) is 97.0 Å². The van der Waals surface area contributed by atoms with E-state index in [9.17, 15) is 14.4 Å². The van der Waals surface area contributed by atoms with E-state index >= 15 is 0 Å². The zero-order valence-corrected chi connectivity index (χ0v) is 16.2. The Labute approximate surface area is 159 Å². The summed E-state index contributed by atoms with van der Waals surface area (Å²) >= 11 is 0. The minimum Gasteiger partial charge on any atom is -0.493 e. The van der Waals surface area contributed by atoms with Crippen molar-refractivity contribution in [1.82, 2.24) is 15.5 Å². The van der Waals surface area contributed by atoms with Crippen LogP contribution in [0.1, 0.15) is 32.3 Å². The van der Waals surface area contributed by atoms with E-state index < -0.39 is 12.1 Å². The molecule has 1 fully saturated rings. The Balaban J connectivity index is 1.91. The fourth-order valence-electron chi connectivity index (χ4n) is 2.93. The molecule has 8 nitrogen and oxygen atoms in total. The average molecular weight is 377 g/mol. The van der Waals surface area contributed by atoms with Crippen molar-refractivity contribution in [3.8, 4) is 11.5 Å². The van der Waals surface area contributed by atoms with Gasteiger partial charge in [0.1, 0.15) is 6.04 Å². The van der Waals surface area contributed by atoms with Crippen molar-refractivity contribution < 1.29 is 23.9 Å². The first-order valence-corrected chi connectivity index (χ1v) is 8.97. The number of hydrogen-bond acceptors (Lipinski definition) is 5. The van der Waals surface area contributed by atoms with Gasteiger partial charge in [0, 0.05) is 19.0 Å². The van der Waals surface area contributed by atoms with Crippen molar-refractivity contribution in [3.63, 3.8) is 0 Å². The van der Waals surface area contributed by atoms with Crippen molar-refractivity contribution in [2.24, 2.45) is 0 Å². The second-order valence-electron chi connectivity index (χ2n) is 6.69. The van der Waals surface area contributed by atoms with Crippen LogP contribution in [0.2, 0.25) is 0 Å². The molecule has 0 spiro atoms. The SMILES string of the molecule is COc1ccc(CCN2C(=O)NC(CCC(=O)NC(C)C)C2=O)cc1OC. The van der Waals surface area contributed by atoms with Crippen LogP contribution in [0.3, 0.4) is 0 Å². The highest BCUT2D eigenvalue weighted by atomic mass is 16.5. The van der Waals surface area contributed by atoms with E-state index in [1.165, 1.54) is 4.90 Å². The van der Waals surface area contributed by atoms with Crippen molar-refractivity contribution in [2.75, 3.05) is 20.8 Å². The predicted molar refractivity (Wildman–Crippen MR) is 99.8 cm³/mol. The van der Waals surface area contributed by atoms with E-state index in [0.29, 0.717) is 17.9 Å². The number of nitrogens with one attached hydrogen (secondary N) is 2. The van der Waals surface area contributed by atoms with E-state index in [2.05, 4.69) is 10.6 Å². The highest BCUT2D eigenvalue weighted by molar-refractivity contribution is 6.04. The van der Waals surface area contributed by atoms with E-state index in [1.54, 1.807) is 20.3 Å². The van der Waals surface area contributed by atoms with E-state index in [0.717, 1.165) is 5.56 Å². The highest BCUT2D eigenvalue weighted by Gasteiger charge is 2.37. The Bertz CT molecular complexity index is 705. The highest BCUT2D eigenvalue weighted by Crippen LogP contribution is 2.27. The zero-order valence-electron chi connectivity index (χ0n) is 16.2. The van der Waals surface area contributed by atoms with E-state index in [4.69, 9.17) is 9.47 Å². The number of carbonyl (C=O) groups is 3. The van der Waals surface area contributed by atoms with Gasteiger partial charge >= 0.3 is 6.03 Å². The molecule has 4 amide bonds. The summed E-state index contributed by atoms with van der Waals surface area (Å²) in [6, 6.07) is 4.45. The molecular weight excluding hydrogens is 350 g/mol. The molecule has 1 atom stereocenters. The molecular formula is C19H27N3O5. The Morgan fingerprint density at radius 2 is 1.93 bits per heavy atom. The molecule has 0 saturated carbocycles. The number of urea groups is 1. The van der Waals surface area contributed by atoms with Crippen LogP contribution >= 0.6 is 0 Å². The molecule has 1 aliphatic heterocycles. The number of hydrogen-bond donors (Lipinski definition) is 2. The van der Waals surface area contributed by atoms with Gasteiger partial charge in [-0.05, 0) is 44.4 Å². The van der Waals surface area contributed by atoms with Crippen molar-refractivity contribution in [2.45, 2.75) is 45.2 Å². The summed E-state index contributed by atoms with van der Waals surface area (Å²) in [5, 5.41) is 5.42. The quantitative estimate of drug-likeness (QED) is 0.635. The molecule has 8 heteroatoms. The number of imide groups is 1. The minimum absolute atomic E-state index is 0.0457. The molecule has 1 saturated heterocycles. The van der Waals surface area contributed by atoms with Crippen LogP contribution < -0.4 is 20.1 Å². The van der Waals surface area contributed by atoms with Gasteiger partial charge < -0.3 is 20.1 Å². The summed E-state index contributed by atoms with van der Waals surface area (Å²) in [6.45, 7) is 4.00. The molecule has 1 unspecified atom stereocenters. The van der Waals surface area contributed by atoms with E-state index in [1.807, 2.05) is 26.0 Å². The molecule has 0 aromatic heterocycles. The molecule has 0 aliphatic carbocycles. The Kier molecular flexibility index (Phi) is 7.04. The van der Waals surface area contributed by atoms with Crippen LogP contribution in [0.25, 0.3) is 0 Å². The maximum Gasteiger partial charge on any atom is 0.324 e.